The molecule has 2 aromatic rings. The van der Waals surface area contributed by atoms with E-state index in [1.54, 1.807) is 6.07 Å². The summed E-state index contributed by atoms with van der Waals surface area (Å²) < 4.78 is 11.3. The Labute approximate surface area is 193 Å². The van der Waals surface area contributed by atoms with Crippen molar-refractivity contribution in [2.45, 2.75) is 0 Å². The van der Waals surface area contributed by atoms with Crippen molar-refractivity contribution >= 4 is 41.1 Å². The van der Waals surface area contributed by atoms with Crippen LogP contribution in [0.25, 0.3) is 0 Å². The number of nitrogens with zero attached hydrogens (tertiary/aromatic N) is 2. The number of hydrogen-bond donors (Lipinski definition) is 0. The summed E-state index contributed by atoms with van der Waals surface area (Å²) in [6.45, 7) is 0. The number of para-hydroxylation sites is 2. The van der Waals surface area contributed by atoms with Crippen molar-refractivity contribution in [3.05, 3.63) is 58.6 Å². The van der Waals surface area contributed by atoms with Gasteiger partial charge < -0.3 is 26.2 Å². The Bertz CT molecular complexity index is 759. The quantitative estimate of drug-likeness (QED) is 0.231. The maximum Gasteiger partial charge on any atom is 1.00 e. The molecule has 0 amide bonds. The van der Waals surface area contributed by atoms with Crippen LogP contribution in [0.3, 0.4) is 0 Å². The first-order valence-electron chi connectivity index (χ1n) is 6.49. The molecule has 0 spiro atoms. The van der Waals surface area contributed by atoms with Crippen LogP contribution in [0.4, 0.5) is 11.4 Å². The number of non-ortho nitro benzene ring substituents is 1. The third-order valence-corrected chi connectivity index (χ3v) is 4.57. The Hall–Kier alpha value is -0.124. The predicted molar refractivity (Wildman–Crippen MR) is 96.8 cm³/mol. The standard InChI is InChI=1S/C14H15N2O4PS2.K/c1-15(2)13-5-3-4-6-14(13)20-21(22,23)19-12-9-7-11(8-10-12)16(17)18;/h3-10H,1-2H3,(H,22,23);/q;+1/p-1. The van der Waals surface area contributed by atoms with E-state index in [0.29, 0.717) is 11.5 Å². The van der Waals surface area contributed by atoms with Gasteiger partial charge in [-0.2, -0.15) is 0 Å². The molecule has 24 heavy (non-hydrogen) atoms. The fourth-order valence-corrected chi connectivity index (χ4v) is 3.61. The van der Waals surface area contributed by atoms with Crippen molar-refractivity contribution in [1.82, 2.24) is 0 Å². The number of hydrogen-bond acceptors (Lipinski definition) is 7. The van der Waals surface area contributed by atoms with Gasteiger partial charge in [-0.3, -0.25) is 10.1 Å². The molecule has 2 rings (SSSR count). The van der Waals surface area contributed by atoms with E-state index in [0.717, 1.165) is 5.69 Å². The van der Waals surface area contributed by atoms with Gasteiger partial charge >= 0.3 is 51.4 Å². The second kappa shape index (κ2) is 9.54. The van der Waals surface area contributed by atoms with Gasteiger partial charge in [-0.05, 0) is 36.1 Å². The molecule has 0 radical (unpaired) electrons. The van der Waals surface area contributed by atoms with E-state index in [4.69, 9.17) is 33.1 Å². The zero-order valence-electron chi connectivity index (χ0n) is 13.4. The minimum absolute atomic E-state index is 0. The van der Waals surface area contributed by atoms with Gasteiger partial charge in [-0.15, -0.1) is 0 Å². The van der Waals surface area contributed by atoms with Crippen molar-refractivity contribution in [1.29, 1.82) is 0 Å². The second-order valence-corrected chi connectivity index (χ2v) is 9.58. The van der Waals surface area contributed by atoms with Crippen molar-refractivity contribution in [2.24, 2.45) is 0 Å². The van der Waals surface area contributed by atoms with E-state index >= 15 is 0 Å². The number of anilines is 1. The first-order chi connectivity index (χ1) is 10.8. The molecule has 1 unspecified atom stereocenters. The summed E-state index contributed by atoms with van der Waals surface area (Å²) in [5, 5.41) is 10.6. The summed E-state index contributed by atoms with van der Waals surface area (Å²) in [5.74, 6) is 0.883. The van der Waals surface area contributed by atoms with Gasteiger partial charge in [0.05, 0.1) is 10.6 Å². The monoisotopic (exact) mass is 408 g/mol. The molecule has 2 aromatic carbocycles. The molecule has 6 nitrogen and oxygen atoms in total. The van der Waals surface area contributed by atoms with Crippen LogP contribution in [0.15, 0.2) is 48.5 Å². The molecular weight excluding hydrogens is 394 g/mol. The predicted octanol–water partition coefficient (Wildman–Crippen LogP) is 0.894. The van der Waals surface area contributed by atoms with Crippen molar-refractivity contribution in [3.63, 3.8) is 0 Å². The molecule has 0 saturated carbocycles. The second-order valence-electron chi connectivity index (χ2n) is 4.74. The fraction of sp³-hybridized carbons (Fsp3) is 0.143. The summed E-state index contributed by atoms with van der Waals surface area (Å²) >= 11 is 10.5. The molecule has 0 aromatic heterocycles. The minimum Gasteiger partial charge on any atom is -0.665 e. The van der Waals surface area contributed by atoms with E-state index in [9.17, 15) is 10.1 Å². The molecule has 0 fully saturated rings. The van der Waals surface area contributed by atoms with Crippen LogP contribution in [0.1, 0.15) is 0 Å². The molecule has 0 heterocycles. The molecule has 0 N–H and O–H groups in total. The summed E-state index contributed by atoms with van der Waals surface area (Å²) in [5.41, 5.74) is -2.22. The van der Waals surface area contributed by atoms with Crippen LogP contribution in [0.2, 0.25) is 0 Å². The minimum atomic E-state index is -3.02. The van der Waals surface area contributed by atoms with Crippen molar-refractivity contribution < 1.29 is 65.4 Å². The number of nitro groups is 1. The molecule has 0 saturated heterocycles. The average Bonchev–Trinajstić information content (AvgIpc) is 2.47. The van der Waals surface area contributed by atoms with Crippen LogP contribution in [-0.2, 0) is 24.1 Å². The van der Waals surface area contributed by atoms with Crippen LogP contribution < -0.4 is 65.3 Å². The first-order valence-corrected chi connectivity index (χ1v) is 10.1. The van der Waals surface area contributed by atoms with Crippen LogP contribution in [0, 0.1) is 10.1 Å². The van der Waals surface area contributed by atoms with E-state index in [1.165, 1.54) is 24.3 Å². The molecule has 122 valence electrons. The Morgan fingerprint density at radius 1 is 1.12 bits per heavy atom. The summed E-state index contributed by atoms with van der Waals surface area (Å²) in [4.78, 5) is 12.0. The Kier molecular flexibility index (Phi) is 8.71. The van der Waals surface area contributed by atoms with Crippen molar-refractivity contribution in [3.8, 4) is 11.5 Å². The van der Waals surface area contributed by atoms with Gasteiger partial charge in [0.1, 0.15) is 11.5 Å². The SMILES string of the molecule is CN(C)c1ccccc1OP(=S)([S-])Oc1ccc([N+](=O)[O-])cc1.[K+]. The molecule has 0 aliphatic carbocycles. The zero-order chi connectivity index (χ0) is 17.0. The summed E-state index contributed by atoms with van der Waals surface area (Å²) in [7, 11) is 3.76. The van der Waals surface area contributed by atoms with E-state index in [1.807, 2.05) is 37.2 Å². The van der Waals surface area contributed by atoms with E-state index < -0.39 is 10.6 Å². The number of nitro benzene ring substituents is 1. The molecule has 1 atom stereocenters. The molecular formula is C14H14KN2O4PS2. The van der Waals surface area contributed by atoms with Crippen molar-refractivity contribution in [2.75, 3.05) is 19.0 Å². The smallest absolute Gasteiger partial charge is 0.665 e. The molecule has 0 aliphatic heterocycles. The maximum atomic E-state index is 10.6. The summed E-state index contributed by atoms with van der Waals surface area (Å²) in [6, 6.07) is 12.9. The van der Waals surface area contributed by atoms with Gasteiger partial charge in [0, 0.05) is 26.2 Å². The Balaban J connectivity index is 0.00000288. The van der Waals surface area contributed by atoms with Gasteiger partial charge in [-0.25, -0.2) is 0 Å². The number of rotatable bonds is 6. The van der Waals surface area contributed by atoms with Crippen LogP contribution in [-0.4, -0.2) is 19.0 Å². The van der Waals surface area contributed by atoms with Gasteiger partial charge in [0.25, 0.3) is 5.69 Å². The average molecular weight is 408 g/mol. The molecule has 0 bridgehead atoms. The van der Waals surface area contributed by atoms with Gasteiger partial charge in [0.2, 0.25) is 0 Å². The largest absolute Gasteiger partial charge is 1.00 e. The molecule has 0 aliphatic rings. The first kappa shape index (κ1) is 21.9. The maximum absolute atomic E-state index is 10.6. The van der Waals surface area contributed by atoms with Crippen LogP contribution >= 0.6 is 5.69 Å². The number of benzene rings is 2. The normalized spacial score (nSPS) is 12.5. The van der Waals surface area contributed by atoms with Gasteiger partial charge in [0.15, 0.2) is 5.69 Å². The van der Waals surface area contributed by atoms with E-state index in [2.05, 4.69) is 0 Å². The van der Waals surface area contributed by atoms with Crippen LogP contribution in [0.5, 0.6) is 11.5 Å². The zero-order valence-corrected chi connectivity index (χ0v) is 19.1. The van der Waals surface area contributed by atoms with Gasteiger partial charge in [-0.1, -0.05) is 12.1 Å². The third-order valence-electron chi connectivity index (χ3n) is 2.82. The molecule has 10 heteroatoms. The third kappa shape index (κ3) is 6.31. The van der Waals surface area contributed by atoms with E-state index in [-0.39, 0.29) is 57.1 Å². The Morgan fingerprint density at radius 2 is 1.71 bits per heavy atom. The fourth-order valence-electron chi connectivity index (χ4n) is 1.80. The topological polar surface area (TPSA) is 64.8 Å². The Morgan fingerprint density at radius 3 is 2.25 bits per heavy atom. The summed E-state index contributed by atoms with van der Waals surface area (Å²) in [6.07, 6.45) is 0.